The van der Waals surface area contributed by atoms with Gasteiger partial charge in [0.15, 0.2) is 0 Å². The van der Waals surface area contributed by atoms with Gasteiger partial charge in [-0.1, -0.05) is 18.7 Å². The van der Waals surface area contributed by atoms with Gasteiger partial charge < -0.3 is 9.47 Å². The number of carbonyl (C=O) groups is 1. The smallest absolute Gasteiger partial charge is 0.248 e. The van der Waals surface area contributed by atoms with Crippen LogP contribution < -0.4 is 0 Å². The van der Waals surface area contributed by atoms with Gasteiger partial charge in [-0.05, 0) is 31.9 Å². The normalized spacial score (nSPS) is 19.0. The first-order valence-corrected chi connectivity index (χ1v) is 7.44. The van der Waals surface area contributed by atoms with Crippen LogP contribution in [0.15, 0.2) is 36.4 Å². The third-order valence-corrected chi connectivity index (χ3v) is 4.26. The number of aryl methyl sites for hydroxylation is 1. The number of carbonyl (C=O) groups excluding carboxylic acids is 1. The second-order valence-corrected chi connectivity index (χ2v) is 5.89. The van der Waals surface area contributed by atoms with E-state index in [-0.39, 0.29) is 5.91 Å². The Morgan fingerprint density at radius 2 is 2.14 bits per heavy atom. The van der Waals surface area contributed by atoms with Crippen LogP contribution in [0, 0.1) is 0 Å². The van der Waals surface area contributed by atoms with E-state index in [9.17, 15) is 4.79 Å². The fourth-order valence-corrected chi connectivity index (χ4v) is 3.17. The van der Waals surface area contributed by atoms with Crippen molar-refractivity contribution in [2.24, 2.45) is 7.05 Å². The number of piperidine rings is 1. The molecule has 0 bridgehead atoms. The Kier molecular flexibility index (Phi) is 3.53. The zero-order valence-corrected chi connectivity index (χ0v) is 12.7. The van der Waals surface area contributed by atoms with Crippen molar-refractivity contribution in [1.29, 1.82) is 0 Å². The predicted octanol–water partition coefficient (Wildman–Crippen LogP) is 2.86. The van der Waals surface area contributed by atoms with E-state index >= 15 is 0 Å². The Morgan fingerprint density at radius 3 is 2.86 bits per heavy atom. The molecule has 0 spiro atoms. The maximum absolute atomic E-state index is 12.1. The average Bonchev–Trinajstić information content (AvgIpc) is 2.84. The zero-order chi connectivity index (χ0) is 15.0. The molecule has 2 aromatic rings. The standard InChI is InChI=1S/C17H21N3O/c1-12(2)17(21)20-10-6-7-13(11-20)16-18-14-8-4-5-9-15(14)19(16)3/h4-5,8-9,13H,1,6-7,10-11H2,2-3H3. The van der Waals surface area contributed by atoms with Gasteiger partial charge in [0.25, 0.3) is 0 Å². The quantitative estimate of drug-likeness (QED) is 0.795. The number of amides is 1. The number of hydrogen-bond donors (Lipinski definition) is 0. The SMILES string of the molecule is C=C(C)C(=O)N1CCCC(c2nc3ccccc3n2C)C1. The molecule has 1 atom stereocenters. The first-order chi connectivity index (χ1) is 10.1. The van der Waals surface area contributed by atoms with E-state index in [1.807, 2.05) is 23.1 Å². The van der Waals surface area contributed by atoms with E-state index in [4.69, 9.17) is 4.98 Å². The minimum Gasteiger partial charge on any atom is -0.338 e. The fourth-order valence-electron chi connectivity index (χ4n) is 3.17. The number of aromatic nitrogens is 2. The molecule has 1 saturated heterocycles. The number of likely N-dealkylation sites (tertiary alicyclic amines) is 1. The van der Waals surface area contributed by atoms with Crippen molar-refractivity contribution < 1.29 is 4.79 Å². The number of benzene rings is 1. The van der Waals surface area contributed by atoms with Crippen LogP contribution >= 0.6 is 0 Å². The van der Waals surface area contributed by atoms with Crippen LogP contribution in [-0.2, 0) is 11.8 Å². The highest BCUT2D eigenvalue weighted by atomic mass is 16.2. The van der Waals surface area contributed by atoms with Gasteiger partial charge in [0.2, 0.25) is 5.91 Å². The van der Waals surface area contributed by atoms with E-state index in [0.29, 0.717) is 11.5 Å². The van der Waals surface area contributed by atoms with Crippen molar-refractivity contribution in [3.8, 4) is 0 Å². The molecular formula is C17H21N3O. The molecule has 1 aliphatic rings. The predicted molar refractivity (Wildman–Crippen MR) is 84.1 cm³/mol. The summed E-state index contributed by atoms with van der Waals surface area (Å²) in [5, 5.41) is 0. The largest absolute Gasteiger partial charge is 0.338 e. The van der Waals surface area contributed by atoms with Crippen LogP contribution in [0.2, 0.25) is 0 Å². The summed E-state index contributed by atoms with van der Waals surface area (Å²) in [4.78, 5) is 18.8. The lowest BCUT2D eigenvalue weighted by Gasteiger charge is -2.32. The van der Waals surface area contributed by atoms with Crippen LogP contribution in [0.25, 0.3) is 11.0 Å². The molecular weight excluding hydrogens is 262 g/mol. The number of para-hydroxylation sites is 2. The number of rotatable bonds is 2. The maximum Gasteiger partial charge on any atom is 0.248 e. The van der Waals surface area contributed by atoms with Crippen LogP contribution in [0.1, 0.15) is 31.5 Å². The van der Waals surface area contributed by atoms with Gasteiger partial charge in [0, 0.05) is 31.6 Å². The molecule has 1 unspecified atom stereocenters. The zero-order valence-electron chi connectivity index (χ0n) is 12.7. The lowest BCUT2D eigenvalue weighted by atomic mass is 9.96. The van der Waals surface area contributed by atoms with Gasteiger partial charge in [0.1, 0.15) is 5.82 Å². The summed E-state index contributed by atoms with van der Waals surface area (Å²) in [7, 11) is 2.06. The highest BCUT2D eigenvalue weighted by Crippen LogP contribution is 2.29. The second kappa shape index (κ2) is 5.35. The molecule has 4 heteroatoms. The number of nitrogens with zero attached hydrogens (tertiary/aromatic N) is 3. The summed E-state index contributed by atoms with van der Waals surface area (Å²) < 4.78 is 2.16. The number of fused-ring (bicyclic) bond motifs is 1. The van der Waals surface area contributed by atoms with Crippen LogP contribution in [0.4, 0.5) is 0 Å². The highest BCUT2D eigenvalue weighted by Gasteiger charge is 2.27. The number of imidazole rings is 1. The molecule has 0 N–H and O–H groups in total. The van der Waals surface area contributed by atoms with Crippen LogP contribution in [-0.4, -0.2) is 33.4 Å². The summed E-state index contributed by atoms with van der Waals surface area (Å²) in [5.74, 6) is 1.45. The summed E-state index contributed by atoms with van der Waals surface area (Å²) in [5.41, 5.74) is 2.79. The summed E-state index contributed by atoms with van der Waals surface area (Å²) in [6.07, 6.45) is 2.10. The molecule has 3 rings (SSSR count). The van der Waals surface area contributed by atoms with Gasteiger partial charge in [0.05, 0.1) is 11.0 Å². The van der Waals surface area contributed by atoms with Gasteiger partial charge >= 0.3 is 0 Å². The van der Waals surface area contributed by atoms with Crippen molar-refractivity contribution in [3.63, 3.8) is 0 Å². The Labute approximate surface area is 125 Å². The van der Waals surface area contributed by atoms with Gasteiger partial charge in [-0.2, -0.15) is 0 Å². The molecule has 0 radical (unpaired) electrons. The highest BCUT2D eigenvalue weighted by molar-refractivity contribution is 5.92. The summed E-state index contributed by atoms with van der Waals surface area (Å²) >= 11 is 0. The first kappa shape index (κ1) is 13.9. The van der Waals surface area contributed by atoms with Gasteiger partial charge in [-0.25, -0.2) is 4.98 Å². The van der Waals surface area contributed by atoms with Crippen molar-refractivity contribution in [2.75, 3.05) is 13.1 Å². The van der Waals surface area contributed by atoms with Crippen LogP contribution in [0.3, 0.4) is 0 Å². The van der Waals surface area contributed by atoms with Crippen LogP contribution in [0.5, 0.6) is 0 Å². The minimum atomic E-state index is 0.0680. The molecule has 1 fully saturated rings. The summed E-state index contributed by atoms with van der Waals surface area (Å²) in [6, 6.07) is 8.17. The molecule has 0 saturated carbocycles. The third kappa shape index (κ3) is 2.46. The maximum atomic E-state index is 12.1. The first-order valence-electron chi connectivity index (χ1n) is 7.44. The van der Waals surface area contributed by atoms with Crippen molar-refractivity contribution in [2.45, 2.75) is 25.7 Å². The van der Waals surface area contributed by atoms with E-state index in [1.54, 1.807) is 6.92 Å². The molecule has 0 aliphatic carbocycles. The van der Waals surface area contributed by atoms with Gasteiger partial charge in [-0.15, -0.1) is 0 Å². The Bertz CT molecular complexity index is 701. The molecule has 1 aromatic carbocycles. The van der Waals surface area contributed by atoms with Crippen molar-refractivity contribution in [3.05, 3.63) is 42.2 Å². The lowest BCUT2D eigenvalue weighted by Crippen LogP contribution is -2.39. The topological polar surface area (TPSA) is 38.1 Å². The van der Waals surface area contributed by atoms with E-state index in [1.165, 1.54) is 0 Å². The van der Waals surface area contributed by atoms with E-state index < -0.39 is 0 Å². The Hall–Kier alpha value is -2.10. The van der Waals surface area contributed by atoms with Crippen molar-refractivity contribution >= 4 is 16.9 Å². The lowest BCUT2D eigenvalue weighted by molar-refractivity contribution is -0.128. The molecule has 1 amide bonds. The van der Waals surface area contributed by atoms with E-state index in [2.05, 4.69) is 24.3 Å². The Morgan fingerprint density at radius 1 is 1.38 bits per heavy atom. The summed E-state index contributed by atoms with van der Waals surface area (Å²) in [6.45, 7) is 7.11. The van der Waals surface area contributed by atoms with Crippen molar-refractivity contribution in [1.82, 2.24) is 14.5 Å². The average molecular weight is 283 g/mol. The third-order valence-electron chi connectivity index (χ3n) is 4.26. The van der Waals surface area contributed by atoms with Gasteiger partial charge in [-0.3, -0.25) is 4.79 Å². The molecule has 1 aromatic heterocycles. The second-order valence-electron chi connectivity index (χ2n) is 5.89. The molecule has 1 aliphatic heterocycles. The number of hydrogen-bond acceptors (Lipinski definition) is 2. The molecule has 4 nitrogen and oxygen atoms in total. The van der Waals surface area contributed by atoms with E-state index in [0.717, 1.165) is 42.8 Å². The molecule has 21 heavy (non-hydrogen) atoms. The minimum absolute atomic E-state index is 0.0680. The fraction of sp³-hybridized carbons (Fsp3) is 0.412. The Balaban J connectivity index is 1.90. The monoisotopic (exact) mass is 283 g/mol. The molecule has 110 valence electrons. The molecule has 2 heterocycles.